The van der Waals surface area contributed by atoms with Crippen molar-refractivity contribution in [3.63, 3.8) is 0 Å². The molecule has 2 amide bonds. The summed E-state index contributed by atoms with van der Waals surface area (Å²) in [4.78, 5) is 31.9. The molecule has 10 nitrogen and oxygen atoms in total. The highest BCUT2D eigenvalue weighted by Gasteiger charge is 2.22. The molecule has 0 aliphatic heterocycles. The summed E-state index contributed by atoms with van der Waals surface area (Å²) >= 11 is 0. The lowest BCUT2D eigenvalue weighted by Crippen LogP contribution is -2.47. The highest BCUT2D eigenvalue weighted by molar-refractivity contribution is 5.87. The van der Waals surface area contributed by atoms with Crippen LogP contribution in [0, 0.1) is 0 Å². The number of carbonyl (C=O) groups is 2. The van der Waals surface area contributed by atoms with E-state index in [0.717, 1.165) is 5.56 Å². The second kappa shape index (κ2) is 12.6. The summed E-state index contributed by atoms with van der Waals surface area (Å²) in [5.74, 6) is 0.654. The van der Waals surface area contributed by atoms with Gasteiger partial charge >= 0.3 is 6.09 Å². The Morgan fingerprint density at radius 3 is 2.71 bits per heavy atom. The zero-order chi connectivity index (χ0) is 24.2. The summed E-state index contributed by atoms with van der Waals surface area (Å²) in [6.07, 6.45) is 4.00. The quantitative estimate of drug-likeness (QED) is 0.295. The van der Waals surface area contributed by atoms with Crippen LogP contribution in [0.25, 0.3) is 0 Å². The van der Waals surface area contributed by atoms with E-state index in [2.05, 4.69) is 25.8 Å². The molecule has 0 spiro atoms. The van der Waals surface area contributed by atoms with Crippen molar-refractivity contribution >= 4 is 18.2 Å². The van der Waals surface area contributed by atoms with Gasteiger partial charge in [0.1, 0.15) is 12.6 Å². The summed E-state index contributed by atoms with van der Waals surface area (Å²) in [6.45, 7) is 2.48. The average Bonchev–Trinajstić information content (AvgIpc) is 3.37. The maximum absolute atomic E-state index is 12.8. The van der Waals surface area contributed by atoms with Crippen LogP contribution in [-0.2, 0) is 22.6 Å². The third kappa shape index (κ3) is 7.37. The van der Waals surface area contributed by atoms with Gasteiger partial charge in [-0.1, -0.05) is 30.3 Å². The van der Waals surface area contributed by atoms with Gasteiger partial charge in [0.2, 0.25) is 0 Å². The monoisotopic (exact) mass is 465 g/mol. The molecule has 2 aromatic carbocycles. The summed E-state index contributed by atoms with van der Waals surface area (Å²) in [5, 5.41) is 6.59. The van der Waals surface area contributed by atoms with Crippen LogP contribution in [0.1, 0.15) is 23.7 Å². The lowest BCUT2D eigenvalue weighted by atomic mass is 10.1. The molecule has 3 rings (SSSR count). The van der Waals surface area contributed by atoms with Gasteiger partial charge in [-0.15, -0.1) is 0 Å². The van der Waals surface area contributed by atoms with Crippen LogP contribution in [0.3, 0.4) is 0 Å². The van der Waals surface area contributed by atoms with Crippen LogP contribution < -0.4 is 20.2 Å². The van der Waals surface area contributed by atoms with E-state index >= 15 is 0 Å². The highest BCUT2D eigenvalue weighted by atomic mass is 16.5. The molecule has 0 saturated carbocycles. The second-order valence-corrected chi connectivity index (χ2v) is 7.12. The summed E-state index contributed by atoms with van der Waals surface area (Å²) < 4.78 is 16.0. The standard InChI is InChI=1S/C24H27N5O5/c1-3-33-21-10-9-18(11-22(21)32-2)13-27-29-23(30)20(12-19-14-25-16-26-19)28-24(31)34-15-17-7-5-4-6-8-17/h4-11,13-14,16,20H,3,12,15H2,1-2H3,(H,25,26)(H,28,31)(H,29,30)/b27-13-/t20-/m1/s1. The van der Waals surface area contributed by atoms with Crippen molar-refractivity contribution in [1.29, 1.82) is 0 Å². The number of hydrogen-bond acceptors (Lipinski definition) is 7. The van der Waals surface area contributed by atoms with E-state index in [1.807, 2.05) is 37.3 Å². The number of aromatic nitrogens is 2. The second-order valence-electron chi connectivity index (χ2n) is 7.12. The maximum Gasteiger partial charge on any atom is 0.408 e. The minimum Gasteiger partial charge on any atom is -0.493 e. The van der Waals surface area contributed by atoms with Gasteiger partial charge in [0, 0.05) is 18.3 Å². The number of H-pyrrole nitrogens is 1. The van der Waals surface area contributed by atoms with Crippen molar-refractivity contribution in [3.05, 3.63) is 77.9 Å². The van der Waals surface area contributed by atoms with E-state index < -0.39 is 18.0 Å². The van der Waals surface area contributed by atoms with E-state index in [1.54, 1.807) is 31.5 Å². The zero-order valence-electron chi connectivity index (χ0n) is 19.0. The van der Waals surface area contributed by atoms with Crippen LogP contribution in [0.2, 0.25) is 0 Å². The molecule has 0 bridgehead atoms. The Kier molecular flexibility index (Phi) is 9.03. The fourth-order valence-corrected chi connectivity index (χ4v) is 3.02. The number of amides is 2. The van der Waals surface area contributed by atoms with Crippen LogP contribution in [0.15, 0.2) is 66.2 Å². The first-order chi connectivity index (χ1) is 16.6. The number of imidazole rings is 1. The Hall–Kier alpha value is -4.34. The molecule has 3 aromatic rings. The van der Waals surface area contributed by atoms with Gasteiger partial charge < -0.3 is 24.5 Å². The number of hydrogen-bond donors (Lipinski definition) is 3. The number of aromatic amines is 1. The lowest BCUT2D eigenvalue weighted by molar-refractivity contribution is -0.123. The average molecular weight is 466 g/mol. The molecule has 0 fully saturated rings. The minimum absolute atomic E-state index is 0.0861. The number of rotatable bonds is 11. The SMILES string of the molecule is CCOc1ccc(/C=N\NC(=O)[C@@H](Cc2cnc[nH]2)NC(=O)OCc2ccccc2)cc1OC. The Morgan fingerprint density at radius 2 is 2.00 bits per heavy atom. The normalized spacial score (nSPS) is 11.6. The van der Waals surface area contributed by atoms with Gasteiger partial charge in [-0.25, -0.2) is 15.2 Å². The number of nitrogens with zero attached hydrogens (tertiary/aromatic N) is 2. The first-order valence-electron chi connectivity index (χ1n) is 10.7. The van der Waals surface area contributed by atoms with Crippen LogP contribution >= 0.6 is 0 Å². The highest BCUT2D eigenvalue weighted by Crippen LogP contribution is 2.27. The Balaban J connectivity index is 1.61. The van der Waals surface area contributed by atoms with Gasteiger partial charge in [0.05, 0.1) is 26.3 Å². The molecular weight excluding hydrogens is 438 g/mol. The van der Waals surface area contributed by atoms with Crippen molar-refractivity contribution in [3.8, 4) is 11.5 Å². The fourth-order valence-electron chi connectivity index (χ4n) is 3.02. The number of methoxy groups -OCH3 is 1. The minimum atomic E-state index is -0.935. The fraction of sp³-hybridized carbons (Fsp3) is 0.250. The third-order valence-electron chi connectivity index (χ3n) is 4.68. The molecule has 0 aliphatic carbocycles. The molecule has 1 atom stereocenters. The van der Waals surface area contributed by atoms with E-state index in [9.17, 15) is 9.59 Å². The number of hydrazone groups is 1. The zero-order valence-corrected chi connectivity index (χ0v) is 19.0. The van der Waals surface area contributed by atoms with Crippen molar-refractivity contribution < 1.29 is 23.8 Å². The Morgan fingerprint density at radius 1 is 1.18 bits per heavy atom. The van der Waals surface area contributed by atoms with Crippen molar-refractivity contribution in [2.24, 2.45) is 5.10 Å². The summed E-state index contributed by atoms with van der Waals surface area (Å²) in [7, 11) is 1.54. The smallest absolute Gasteiger partial charge is 0.408 e. The van der Waals surface area contributed by atoms with E-state index in [0.29, 0.717) is 29.4 Å². The number of alkyl carbamates (subject to hydrolysis) is 1. The Bertz CT molecular complexity index is 1090. The molecule has 34 heavy (non-hydrogen) atoms. The van der Waals surface area contributed by atoms with E-state index in [1.165, 1.54) is 12.5 Å². The summed E-state index contributed by atoms with van der Waals surface area (Å²) in [5.41, 5.74) is 4.66. The van der Waals surface area contributed by atoms with Crippen LogP contribution in [-0.4, -0.2) is 47.9 Å². The topological polar surface area (TPSA) is 127 Å². The molecule has 0 radical (unpaired) electrons. The van der Waals surface area contributed by atoms with Crippen LogP contribution in [0.5, 0.6) is 11.5 Å². The van der Waals surface area contributed by atoms with Crippen molar-refractivity contribution in [1.82, 2.24) is 20.7 Å². The molecule has 0 aliphatic rings. The molecule has 1 aromatic heterocycles. The van der Waals surface area contributed by atoms with Crippen molar-refractivity contribution in [2.75, 3.05) is 13.7 Å². The van der Waals surface area contributed by atoms with Gasteiger partial charge in [-0.05, 0) is 36.2 Å². The molecule has 0 unspecified atom stereocenters. The lowest BCUT2D eigenvalue weighted by Gasteiger charge is -2.16. The predicted octanol–water partition coefficient (Wildman–Crippen LogP) is 2.80. The van der Waals surface area contributed by atoms with E-state index in [4.69, 9.17) is 14.2 Å². The molecular formula is C24H27N5O5. The van der Waals surface area contributed by atoms with Gasteiger partial charge in [-0.2, -0.15) is 5.10 Å². The summed E-state index contributed by atoms with van der Waals surface area (Å²) in [6, 6.07) is 13.6. The number of benzene rings is 2. The van der Waals surface area contributed by atoms with Crippen LogP contribution in [0.4, 0.5) is 4.79 Å². The molecule has 1 heterocycles. The van der Waals surface area contributed by atoms with Gasteiger partial charge in [-0.3, -0.25) is 4.79 Å². The molecule has 10 heteroatoms. The third-order valence-corrected chi connectivity index (χ3v) is 4.68. The predicted molar refractivity (Wildman–Crippen MR) is 126 cm³/mol. The number of nitrogens with one attached hydrogen (secondary N) is 3. The molecule has 3 N–H and O–H groups in total. The molecule has 178 valence electrons. The number of carbonyl (C=O) groups excluding carboxylic acids is 2. The first-order valence-corrected chi connectivity index (χ1v) is 10.7. The largest absolute Gasteiger partial charge is 0.493 e. The Labute approximate surface area is 197 Å². The van der Waals surface area contributed by atoms with E-state index in [-0.39, 0.29) is 13.0 Å². The maximum atomic E-state index is 12.8. The number of ether oxygens (including phenoxy) is 3. The van der Waals surface area contributed by atoms with Crippen molar-refractivity contribution in [2.45, 2.75) is 26.0 Å². The first kappa shape index (κ1) is 24.3. The van der Waals surface area contributed by atoms with Gasteiger partial charge in [0.25, 0.3) is 5.91 Å². The van der Waals surface area contributed by atoms with Gasteiger partial charge in [0.15, 0.2) is 11.5 Å². The molecule has 0 saturated heterocycles.